The van der Waals surface area contributed by atoms with Gasteiger partial charge in [-0.25, -0.2) is 4.79 Å². The number of primary amides is 1. The predicted molar refractivity (Wildman–Crippen MR) is 28.2 cm³/mol. The Hall–Kier alpha value is -1.25. The average Bonchev–Trinajstić information content (AvgIpc) is 2.12. The molecule has 41 valence electrons. The fourth-order valence-corrected chi connectivity index (χ4v) is 0.427. The van der Waals surface area contributed by atoms with E-state index in [9.17, 15) is 4.79 Å². The number of nitrogens with two attached hydrogens (primary N) is 1. The lowest BCUT2D eigenvalue weighted by Crippen LogP contribution is -2.16. The van der Waals surface area contributed by atoms with Crippen molar-refractivity contribution in [1.29, 1.82) is 0 Å². The zero-order valence-electron chi connectivity index (χ0n) is 4.16. The van der Waals surface area contributed by atoms with Crippen LogP contribution in [0.5, 0.6) is 0 Å². The second-order valence-corrected chi connectivity index (χ2v) is 1.36. The summed E-state index contributed by atoms with van der Waals surface area (Å²) < 4.78 is 1.25. The van der Waals surface area contributed by atoms with Crippen LogP contribution in [0.3, 0.4) is 0 Å². The smallest absolute Gasteiger partial charge is 0.322 e. The first-order valence-electron chi connectivity index (χ1n) is 2.14. The third-order valence-electron chi connectivity index (χ3n) is 0.799. The highest BCUT2D eigenvalue weighted by molar-refractivity contribution is 5.74. The molecule has 3 heteroatoms. The third-order valence-corrected chi connectivity index (χ3v) is 0.799. The lowest BCUT2D eigenvalue weighted by atomic mass is 10.7. The van der Waals surface area contributed by atoms with E-state index in [2.05, 4.69) is 6.07 Å². The van der Waals surface area contributed by atoms with Gasteiger partial charge in [-0.3, -0.25) is 4.57 Å². The monoisotopic (exact) mass is 109 g/mol. The molecule has 1 amide bonds. The van der Waals surface area contributed by atoms with Gasteiger partial charge in [0.1, 0.15) is 0 Å². The van der Waals surface area contributed by atoms with Crippen molar-refractivity contribution in [3.8, 4) is 0 Å². The number of carbonyl (C=O) groups excluding carboxylic acids is 1. The molecule has 0 aliphatic heterocycles. The zero-order valence-corrected chi connectivity index (χ0v) is 4.16. The number of amides is 1. The molecule has 0 bridgehead atoms. The first-order chi connectivity index (χ1) is 3.80. The number of aromatic nitrogens is 1. The van der Waals surface area contributed by atoms with Crippen molar-refractivity contribution in [2.45, 2.75) is 0 Å². The van der Waals surface area contributed by atoms with Gasteiger partial charge in [0.2, 0.25) is 0 Å². The molecule has 1 rings (SSSR count). The van der Waals surface area contributed by atoms with Gasteiger partial charge >= 0.3 is 6.03 Å². The number of hydrogen-bond donors (Lipinski definition) is 1. The van der Waals surface area contributed by atoms with Crippen LogP contribution in [-0.2, 0) is 0 Å². The summed E-state index contributed by atoms with van der Waals surface area (Å²) in [5, 5.41) is 0. The molecule has 8 heavy (non-hydrogen) atoms. The first kappa shape index (κ1) is 4.90. The molecule has 2 N–H and O–H groups in total. The minimum Gasteiger partial charge on any atom is -0.351 e. The summed E-state index contributed by atoms with van der Waals surface area (Å²) in [6, 6.07) is 3.81. The Balaban J connectivity index is 2.93. The summed E-state index contributed by atoms with van der Waals surface area (Å²) in [7, 11) is 0. The van der Waals surface area contributed by atoms with E-state index in [4.69, 9.17) is 5.73 Å². The van der Waals surface area contributed by atoms with Gasteiger partial charge in [0.05, 0.1) is 0 Å². The largest absolute Gasteiger partial charge is 0.351 e. The van der Waals surface area contributed by atoms with E-state index < -0.39 is 6.03 Å². The zero-order chi connectivity index (χ0) is 5.98. The molecule has 0 spiro atoms. The Labute approximate surface area is 46.7 Å². The maximum Gasteiger partial charge on any atom is 0.322 e. The molecule has 1 aromatic rings. The molecule has 1 heterocycles. The van der Waals surface area contributed by atoms with E-state index in [0.29, 0.717) is 0 Å². The molecule has 1 radical (unpaired) electrons. The van der Waals surface area contributed by atoms with Gasteiger partial charge in [-0.2, -0.15) is 0 Å². The van der Waals surface area contributed by atoms with Crippen molar-refractivity contribution in [3.05, 3.63) is 24.5 Å². The molecule has 0 aliphatic carbocycles. The van der Waals surface area contributed by atoms with Crippen LogP contribution in [0.2, 0.25) is 0 Å². The van der Waals surface area contributed by atoms with Gasteiger partial charge in [0.15, 0.2) is 0 Å². The van der Waals surface area contributed by atoms with Crippen LogP contribution in [0, 0.1) is 6.07 Å². The highest BCUT2D eigenvalue weighted by Crippen LogP contribution is 1.84. The van der Waals surface area contributed by atoms with Crippen molar-refractivity contribution in [3.63, 3.8) is 0 Å². The number of carbonyl (C=O) groups is 1. The lowest BCUT2D eigenvalue weighted by molar-refractivity contribution is 0.250. The lowest BCUT2D eigenvalue weighted by Gasteiger charge is -1.88. The van der Waals surface area contributed by atoms with Crippen molar-refractivity contribution in [2.75, 3.05) is 0 Å². The minimum atomic E-state index is -0.480. The van der Waals surface area contributed by atoms with E-state index >= 15 is 0 Å². The standard InChI is InChI=1S/C5H5N2O/c6-5(8)7-3-1-2-4-7/h1,3-4H,(H2,6,8). The minimum absolute atomic E-state index is 0.480. The van der Waals surface area contributed by atoms with Gasteiger partial charge < -0.3 is 5.73 Å². The Morgan fingerprint density at radius 1 is 1.75 bits per heavy atom. The van der Waals surface area contributed by atoms with E-state index in [0.717, 1.165) is 0 Å². The van der Waals surface area contributed by atoms with E-state index in [1.165, 1.54) is 10.8 Å². The van der Waals surface area contributed by atoms with Crippen LogP contribution in [0.25, 0.3) is 0 Å². The molecule has 3 nitrogen and oxygen atoms in total. The van der Waals surface area contributed by atoms with E-state index in [1.54, 1.807) is 12.3 Å². The first-order valence-corrected chi connectivity index (χ1v) is 2.14. The highest BCUT2D eigenvalue weighted by atomic mass is 16.2. The molecular formula is C5H5N2O. The molecule has 0 aliphatic rings. The Kier molecular flexibility index (Phi) is 1.04. The van der Waals surface area contributed by atoms with Crippen molar-refractivity contribution >= 4 is 6.03 Å². The summed E-state index contributed by atoms with van der Waals surface area (Å²) in [5.41, 5.74) is 4.86. The predicted octanol–water partition coefficient (Wildman–Crippen LogP) is 0.215. The topological polar surface area (TPSA) is 48.0 Å². The Morgan fingerprint density at radius 2 is 2.50 bits per heavy atom. The number of hydrogen-bond acceptors (Lipinski definition) is 1. The van der Waals surface area contributed by atoms with Crippen LogP contribution in [0.4, 0.5) is 4.79 Å². The van der Waals surface area contributed by atoms with E-state index in [1.807, 2.05) is 0 Å². The quantitative estimate of drug-likeness (QED) is 0.508. The maximum absolute atomic E-state index is 10.2. The van der Waals surface area contributed by atoms with Crippen molar-refractivity contribution < 1.29 is 4.79 Å². The fourth-order valence-electron chi connectivity index (χ4n) is 0.427. The molecule has 0 saturated carbocycles. The van der Waals surface area contributed by atoms with Crippen LogP contribution in [0.1, 0.15) is 0 Å². The highest BCUT2D eigenvalue weighted by Gasteiger charge is 1.90. The van der Waals surface area contributed by atoms with Gasteiger partial charge in [-0.15, -0.1) is 0 Å². The summed E-state index contributed by atoms with van der Waals surface area (Å²) >= 11 is 0. The molecule has 0 aromatic carbocycles. The average molecular weight is 109 g/mol. The van der Waals surface area contributed by atoms with E-state index in [-0.39, 0.29) is 0 Å². The molecule has 0 atom stereocenters. The molecule has 0 saturated heterocycles. The van der Waals surface area contributed by atoms with Gasteiger partial charge in [-0.1, -0.05) is 0 Å². The van der Waals surface area contributed by atoms with Crippen LogP contribution in [-0.4, -0.2) is 10.6 Å². The Morgan fingerprint density at radius 3 is 2.75 bits per heavy atom. The van der Waals surface area contributed by atoms with Gasteiger partial charge in [-0.05, 0) is 6.07 Å². The number of rotatable bonds is 0. The molecule has 1 aromatic heterocycles. The molecular weight excluding hydrogens is 104 g/mol. The van der Waals surface area contributed by atoms with Crippen molar-refractivity contribution in [2.24, 2.45) is 5.73 Å². The van der Waals surface area contributed by atoms with Crippen molar-refractivity contribution in [1.82, 2.24) is 4.57 Å². The summed E-state index contributed by atoms with van der Waals surface area (Å²) in [5.74, 6) is 0. The summed E-state index contributed by atoms with van der Waals surface area (Å²) in [6.45, 7) is 0. The van der Waals surface area contributed by atoms with Crippen LogP contribution < -0.4 is 5.73 Å². The summed E-state index contributed by atoms with van der Waals surface area (Å²) in [4.78, 5) is 10.2. The van der Waals surface area contributed by atoms with Gasteiger partial charge in [0.25, 0.3) is 0 Å². The third kappa shape index (κ3) is 0.703. The normalized spacial score (nSPS) is 9.00. The van der Waals surface area contributed by atoms with Crippen LogP contribution >= 0.6 is 0 Å². The van der Waals surface area contributed by atoms with Crippen LogP contribution in [0.15, 0.2) is 18.5 Å². The number of nitrogens with zero attached hydrogens (tertiary/aromatic N) is 1. The second kappa shape index (κ2) is 1.69. The maximum atomic E-state index is 10.2. The second-order valence-electron chi connectivity index (χ2n) is 1.36. The van der Waals surface area contributed by atoms with Gasteiger partial charge in [0, 0.05) is 18.5 Å². The summed E-state index contributed by atoms with van der Waals surface area (Å²) in [6.07, 6.45) is 3.02. The fraction of sp³-hybridized carbons (Fsp3) is 0. The molecule has 0 unspecified atom stereocenters. The molecule has 0 fully saturated rings. The Bertz CT molecular complexity index is 178. The SMILES string of the molecule is NC(=O)n1c[c]cc1.